The Morgan fingerprint density at radius 3 is 2.46 bits per heavy atom. The minimum Gasteiger partial charge on any atom is -0.481 e. The van der Waals surface area contributed by atoms with E-state index in [0.29, 0.717) is 23.0 Å². The maximum atomic E-state index is 13.2. The van der Waals surface area contributed by atoms with Crippen LogP contribution in [0.15, 0.2) is 53.3 Å². The third-order valence-electron chi connectivity index (χ3n) is 5.33. The molecule has 4 rings (SSSR count). The predicted molar refractivity (Wildman–Crippen MR) is 135 cm³/mol. The number of nitrogens with one attached hydrogen (secondary N) is 2. The van der Waals surface area contributed by atoms with Crippen LogP contribution in [0.3, 0.4) is 0 Å². The summed E-state index contributed by atoms with van der Waals surface area (Å²) < 4.78 is 11.5. The van der Waals surface area contributed by atoms with Gasteiger partial charge < -0.3 is 24.7 Å². The quantitative estimate of drug-likeness (QED) is 0.379. The molecule has 0 fully saturated rings. The van der Waals surface area contributed by atoms with Crippen LogP contribution in [0.25, 0.3) is 16.9 Å². The number of methoxy groups -OCH3 is 2. The molecule has 0 aliphatic rings. The summed E-state index contributed by atoms with van der Waals surface area (Å²) in [6.07, 6.45) is 0. The van der Waals surface area contributed by atoms with Gasteiger partial charge in [0.15, 0.2) is 4.77 Å². The molecule has 2 heterocycles. The molecule has 1 amide bonds. The van der Waals surface area contributed by atoms with Gasteiger partial charge in [0.25, 0.3) is 11.5 Å². The summed E-state index contributed by atoms with van der Waals surface area (Å²) in [7, 11) is 6.81. The molecule has 0 saturated heterocycles. The first-order valence-electron chi connectivity index (χ1n) is 10.6. The molecule has 0 aliphatic carbocycles. The highest BCUT2D eigenvalue weighted by atomic mass is 32.1. The molecule has 180 valence electrons. The summed E-state index contributed by atoms with van der Waals surface area (Å²) >= 11 is 5.41. The lowest BCUT2D eigenvalue weighted by Gasteiger charge is -2.14. The SMILES string of the molecule is COc1cc(OC)nc(-n2c(=S)[nH]c3cc(C(=O)NCc4cccc(N(C)C)c4)ccc3c2=O)n1. The number of anilines is 1. The van der Waals surface area contributed by atoms with E-state index < -0.39 is 5.56 Å². The fourth-order valence-electron chi connectivity index (χ4n) is 3.47. The fraction of sp³-hybridized carbons (Fsp3) is 0.208. The number of hydrogen-bond donors (Lipinski definition) is 2. The Balaban J connectivity index is 1.64. The minimum atomic E-state index is -0.438. The molecule has 0 aliphatic heterocycles. The van der Waals surface area contributed by atoms with Crippen LogP contribution >= 0.6 is 12.2 Å². The topological polar surface area (TPSA) is 114 Å². The van der Waals surface area contributed by atoms with E-state index in [0.717, 1.165) is 15.8 Å². The molecule has 11 heteroatoms. The molecular weight excluding hydrogens is 468 g/mol. The Morgan fingerprint density at radius 1 is 1.09 bits per heavy atom. The molecule has 35 heavy (non-hydrogen) atoms. The normalized spacial score (nSPS) is 10.7. The van der Waals surface area contributed by atoms with Crippen molar-refractivity contribution in [1.82, 2.24) is 24.8 Å². The monoisotopic (exact) mass is 492 g/mol. The van der Waals surface area contributed by atoms with E-state index in [9.17, 15) is 9.59 Å². The maximum absolute atomic E-state index is 13.2. The van der Waals surface area contributed by atoms with Gasteiger partial charge in [-0.25, -0.2) is 4.57 Å². The van der Waals surface area contributed by atoms with Crippen LogP contribution in [0.2, 0.25) is 0 Å². The molecule has 4 aromatic rings. The number of aromatic amines is 1. The summed E-state index contributed by atoms with van der Waals surface area (Å²) in [6, 6.07) is 14.1. The largest absolute Gasteiger partial charge is 0.481 e. The van der Waals surface area contributed by atoms with Crippen LogP contribution in [0.4, 0.5) is 5.69 Å². The highest BCUT2D eigenvalue weighted by Gasteiger charge is 2.15. The highest BCUT2D eigenvalue weighted by molar-refractivity contribution is 7.71. The van der Waals surface area contributed by atoms with Gasteiger partial charge in [0.1, 0.15) is 0 Å². The average molecular weight is 493 g/mol. The Bertz CT molecular complexity index is 1510. The van der Waals surface area contributed by atoms with Gasteiger partial charge in [-0.15, -0.1) is 0 Å². The van der Waals surface area contributed by atoms with Crippen molar-refractivity contribution in [2.24, 2.45) is 0 Å². The number of carbonyl (C=O) groups is 1. The van der Waals surface area contributed by atoms with Crippen molar-refractivity contribution in [2.75, 3.05) is 33.2 Å². The van der Waals surface area contributed by atoms with Crippen LogP contribution in [0.1, 0.15) is 15.9 Å². The van der Waals surface area contributed by atoms with Crippen LogP contribution in [0, 0.1) is 4.77 Å². The van der Waals surface area contributed by atoms with Crippen molar-refractivity contribution in [3.8, 4) is 17.7 Å². The van der Waals surface area contributed by atoms with Crippen molar-refractivity contribution < 1.29 is 14.3 Å². The number of fused-ring (bicyclic) bond motifs is 1. The molecule has 0 bridgehead atoms. The van der Waals surface area contributed by atoms with E-state index in [1.54, 1.807) is 18.2 Å². The third kappa shape index (κ3) is 4.99. The summed E-state index contributed by atoms with van der Waals surface area (Å²) in [4.78, 5) is 39.4. The summed E-state index contributed by atoms with van der Waals surface area (Å²) in [5, 5.41) is 3.23. The average Bonchev–Trinajstić information content (AvgIpc) is 2.86. The van der Waals surface area contributed by atoms with Crippen molar-refractivity contribution in [1.29, 1.82) is 0 Å². The smallest absolute Gasteiger partial charge is 0.269 e. The van der Waals surface area contributed by atoms with Crippen molar-refractivity contribution in [2.45, 2.75) is 6.54 Å². The first-order valence-corrected chi connectivity index (χ1v) is 11.0. The highest BCUT2D eigenvalue weighted by Crippen LogP contribution is 2.18. The summed E-state index contributed by atoms with van der Waals surface area (Å²) in [6.45, 7) is 0.366. The lowest BCUT2D eigenvalue weighted by atomic mass is 10.1. The van der Waals surface area contributed by atoms with Crippen molar-refractivity contribution in [3.63, 3.8) is 0 Å². The molecule has 2 aromatic carbocycles. The van der Waals surface area contributed by atoms with Gasteiger partial charge in [0.05, 0.1) is 31.2 Å². The Kier molecular flexibility index (Phi) is 6.78. The zero-order valence-corrected chi connectivity index (χ0v) is 20.5. The van der Waals surface area contributed by atoms with Gasteiger partial charge in [-0.3, -0.25) is 9.59 Å². The zero-order chi connectivity index (χ0) is 25.1. The zero-order valence-electron chi connectivity index (χ0n) is 19.7. The Labute approximate surface area is 206 Å². The number of carbonyl (C=O) groups excluding carboxylic acids is 1. The van der Waals surface area contributed by atoms with Crippen LogP contribution in [-0.4, -0.2) is 53.7 Å². The van der Waals surface area contributed by atoms with Crippen LogP contribution in [0.5, 0.6) is 11.8 Å². The molecular formula is C24H24N6O4S. The molecule has 10 nitrogen and oxygen atoms in total. The van der Waals surface area contributed by atoms with Gasteiger partial charge >= 0.3 is 0 Å². The number of benzene rings is 2. The number of H-pyrrole nitrogens is 1. The van der Waals surface area contributed by atoms with Crippen LogP contribution < -0.4 is 25.2 Å². The van der Waals surface area contributed by atoms with E-state index in [-0.39, 0.29) is 28.4 Å². The Morgan fingerprint density at radius 2 is 1.80 bits per heavy atom. The first-order chi connectivity index (χ1) is 16.8. The van der Waals surface area contributed by atoms with Gasteiger partial charge in [-0.2, -0.15) is 9.97 Å². The second-order valence-electron chi connectivity index (χ2n) is 7.83. The minimum absolute atomic E-state index is 0.0103. The van der Waals surface area contributed by atoms with E-state index in [1.807, 2.05) is 43.3 Å². The summed E-state index contributed by atoms with van der Waals surface area (Å²) in [5.74, 6) is 0.176. The number of hydrogen-bond acceptors (Lipinski definition) is 8. The lowest BCUT2D eigenvalue weighted by Crippen LogP contribution is -2.25. The number of ether oxygens (including phenoxy) is 2. The standard InChI is InChI=1S/C24H24N6O4S/c1-29(2)16-7-5-6-14(10-16)13-25-21(31)15-8-9-17-18(11-15)26-24(35)30(22(17)32)23-27-19(33-3)12-20(28-23)34-4/h5-12H,13H2,1-4H3,(H,25,31)(H,26,35). The maximum Gasteiger partial charge on any atom is 0.269 e. The third-order valence-corrected chi connectivity index (χ3v) is 5.61. The van der Waals surface area contributed by atoms with E-state index in [2.05, 4.69) is 20.3 Å². The molecule has 0 spiro atoms. The van der Waals surface area contributed by atoms with E-state index in [1.165, 1.54) is 20.3 Å². The van der Waals surface area contributed by atoms with E-state index in [4.69, 9.17) is 21.7 Å². The molecule has 0 atom stereocenters. The molecule has 0 saturated carbocycles. The fourth-order valence-corrected chi connectivity index (χ4v) is 3.75. The second kappa shape index (κ2) is 9.94. The molecule has 2 aromatic heterocycles. The van der Waals surface area contributed by atoms with Crippen molar-refractivity contribution >= 4 is 34.7 Å². The van der Waals surface area contributed by atoms with Crippen LogP contribution in [-0.2, 0) is 6.54 Å². The van der Waals surface area contributed by atoms with Gasteiger partial charge in [-0.05, 0) is 48.1 Å². The summed E-state index contributed by atoms with van der Waals surface area (Å²) in [5.41, 5.74) is 2.40. The van der Waals surface area contributed by atoms with Crippen molar-refractivity contribution in [3.05, 3.63) is 74.8 Å². The van der Waals surface area contributed by atoms with Gasteiger partial charge in [0.2, 0.25) is 17.7 Å². The first kappa shape index (κ1) is 23.9. The number of nitrogens with zero attached hydrogens (tertiary/aromatic N) is 4. The predicted octanol–water partition coefficient (Wildman–Crippen LogP) is 2.85. The molecule has 0 unspecified atom stereocenters. The van der Waals surface area contributed by atoms with Gasteiger partial charge in [0, 0.05) is 31.9 Å². The Hall–Kier alpha value is -4.25. The van der Waals surface area contributed by atoms with E-state index >= 15 is 0 Å². The molecule has 0 radical (unpaired) electrons. The second-order valence-corrected chi connectivity index (χ2v) is 8.22. The lowest BCUT2D eigenvalue weighted by molar-refractivity contribution is 0.0951. The number of amides is 1. The molecule has 2 N–H and O–H groups in total. The number of aromatic nitrogens is 4. The van der Waals surface area contributed by atoms with Gasteiger partial charge in [-0.1, -0.05) is 12.1 Å². The number of rotatable bonds is 7.